The Hall–Kier alpha value is -1.88. The van der Waals surface area contributed by atoms with Crippen LogP contribution in [-0.4, -0.2) is 19.9 Å². The molecule has 0 fully saturated rings. The topological polar surface area (TPSA) is 74.0 Å². The van der Waals surface area contributed by atoms with Gasteiger partial charge < -0.3 is 0 Å². The summed E-state index contributed by atoms with van der Waals surface area (Å²) in [4.78, 5) is 19.8. The minimum Gasteiger partial charge on any atom is 0 e. The first-order valence-electron chi connectivity index (χ1n) is 8.58. The summed E-state index contributed by atoms with van der Waals surface area (Å²) in [6, 6.07) is 6.46. The molecule has 2 heterocycles. The van der Waals surface area contributed by atoms with E-state index >= 15 is 0 Å². The average molecular weight is 510 g/mol. The smallest absolute Gasteiger partial charge is 0 e. The number of nitrogens with zero attached hydrogens (tertiary/aromatic N) is 4. The summed E-state index contributed by atoms with van der Waals surface area (Å²) in [5.74, 6) is -0.435. The molecule has 150 valence electrons. The van der Waals surface area contributed by atoms with Gasteiger partial charge in [0.25, 0.3) is 0 Å². The number of fused-ring (bicyclic) bond motifs is 1. The van der Waals surface area contributed by atoms with E-state index in [2.05, 4.69) is 10.3 Å². The van der Waals surface area contributed by atoms with Crippen molar-refractivity contribution in [2.24, 2.45) is 7.05 Å². The summed E-state index contributed by atoms with van der Waals surface area (Å²) in [6.45, 7) is 4.10. The molecule has 10 heteroatoms. The van der Waals surface area contributed by atoms with Crippen LogP contribution in [0.5, 0.6) is 0 Å². The quantitative estimate of drug-likeness (QED) is 0.385. The molecule has 0 unspecified atom stereocenters. The van der Waals surface area contributed by atoms with Crippen LogP contribution < -0.4 is 15.8 Å². The predicted octanol–water partition coefficient (Wildman–Crippen LogP) is 3.99. The molecule has 0 spiro atoms. The number of benzene rings is 1. The number of pyridine rings is 1. The van der Waals surface area contributed by atoms with Crippen molar-refractivity contribution in [1.29, 1.82) is 5.26 Å². The van der Waals surface area contributed by atoms with Crippen molar-refractivity contribution < 1.29 is 30.1 Å². The average Bonchev–Trinajstić information content (AvgIpc) is 3.08. The van der Waals surface area contributed by atoms with Crippen LogP contribution in [0.15, 0.2) is 23.0 Å². The second-order valence-corrected chi connectivity index (χ2v) is 8.42. The van der Waals surface area contributed by atoms with Gasteiger partial charge in [0.1, 0.15) is 0 Å². The van der Waals surface area contributed by atoms with Gasteiger partial charge in [-0.15, -0.1) is 0 Å². The third-order valence-corrected chi connectivity index (χ3v) is 6.31. The Bertz CT molecular complexity index is 1190. The number of anilines is 2. The van der Waals surface area contributed by atoms with Crippen LogP contribution in [0.3, 0.4) is 0 Å². The molecular formula is C19H18ClFN5OSZr-. The van der Waals surface area contributed by atoms with Gasteiger partial charge in [-0.05, 0) is 0 Å². The van der Waals surface area contributed by atoms with E-state index in [0.29, 0.717) is 34.9 Å². The summed E-state index contributed by atoms with van der Waals surface area (Å²) in [6.07, 6.45) is 0.539. The molecule has 1 aromatic carbocycles. The van der Waals surface area contributed by atoms with E-state index < -0.39 is 5.82 Å². The minimum absolute atomic E-state index is 0. The van der Waals surface area contributed by atoms with Crippen molar-refractivity contribution in [2.75, 3.05) is 16.8 Å². The van der Waals surface area contributed by atoms with Crippen molar-refractivity contribution in [3.63, 3.8) is 0 Å². The number of rotatable bonds is 7. The van der Waals surface area contributed by atoms with Gasteiger partial charge in [-0.2, -0.15) is 0 Å². The number of hydrogen-bond donors (Lipinski definition) is 1. The molecule has 0 aliphatic rings. The maximum atomic E-state index is 13.9. The van der Waals surface area contributed by atoms with Gasteiger partial charge in [-0.25, -0.2) is 0 Å². The fourth-order valence-corrected chi connectivity index (χ4v) is 4.56. The summed E-state index contributed by atoms with van der Waals surface area (Å²) < 4.78 is 17.2. The van der Waals surface area contributed by atoms with Gasteiger partial charge in [0, 0.05) is 1.43 Å². The zero-order chi connectivity index (χ0) is 21.1. The predicted molar refractivity (Wildman–Crippen MR) is 114 cm³/mol. The van der Waals surface area contributed by atoms with Crippen LogP contribution in [0.25, 0.3) is 10.3 Å². The van der Waals surface area contributed by atoms with E-state index in [1.165, 1.54) is 22.0 Å². The molecule has 0 radical (unpaired) electrons. The van der Waals surface area contributed by atoms with Crippen LogP contribution >= 0.6 is 22.9 Å². The van der Waals surface area contributed by atoms with Crippen LogP contribution in [0.2, 0.25) is 5.02 Å². The number of nitriles is 1. The fourth-order valence-electron chi connectivity index (χ4n) is 2.89. The van der Waals surface area contributed by atoms with Crippen LogP contribution in [0, 0.1) is 30.6 Å². The standard InChI is InChI=1S/C19H16ClFN5OS.Zr.H2/c1-11-24-16-17(13(10-22)18(27)26(3)19(16)28-11)25(2)8-4-7-23-15-6-5-12(20)9-14(15)21;;/h2,5-7,9,23H,4,8H2,1,3H3;;1H/q-1;;. The van der Waals surface area contributed by atoms with Crippen molar-refractivity contribution >= 4 is 48.5 Å². The zero-order valence-electron chi connectivity index (χ0n) is 15.7. The van der Waals surface area contributed by atoms with Gasteiger partial charge in [0.2, 0.25) is 0 Å². The molecule has 29 heavy (non-hydrogen) atoms. The number of aryl methyl sites for hydroxylation is 2. The molecule has 0 aliphatic carbocycles. The number of aromatic nitrogens is 2. The Kier molecular flexibility index (Phi) is 6.99. The van der Waals surface area contributed by atoms with Crippen molar-refractivity contribution in [2.45, 2.75) is 13.3 Å². The van der Waals surface area contributed by atoms with E-state index in [-0.39, 0.29) is 12.5 Å². The number of hydrogen-bond acceptors (Lipinski definition) is 6. The Morgan fingerprint density at radius 3 is 3.00 bits per heavy atom. The second-order valence-electron chi connectivity index (χ2n) is 6.17. The Balaban J connectivity index is 0.00000320. The molecular weight excluding hydrogens is 492 g/mol. The number of nitrogens with one attached hydrogen (secondary N) is 1. The molecule has 3 rings (SSSR count). The van der Waals surface area contributed by atoms with Crippen molar-refractivity contribution in [3.05, 3.63) is 56.5 Å². The largest absolute Gasteiger partial charge is 0 e. The van der Waals surface area contributed by atoms with Gasteiger partial charge in [-0.1, -0.05) is 0 Å². The van der Waals surface area contributed by atoms with Gasteiger partial charge >= 0.3 is 192 Å². The monoisotopic (exact) mass is 508 g/mol. The molecule has 0 saturated carbocycles. The second kappa shape index (κ2) is 9.29. The summed E-state index contributed by atoms with van der Waals surface area (Å²) in [5, 5.41) is 13.7. The van der Waals surface area contributed by atoms with Crippen molar-refractivity contribution in [1.82, 2.24) is 9.55 Å². The SMILES string of the molecule is Cc1nc2c(N([CH]=[Zr])CC[CH-]Nc3ccc(Cl)cc3F)c(C#N)c(=O)n(C)c2s1.[HH]. The molecule has 2 aromatic heterocycles. The first-order chi connectivity index (χ1) is 13.9. The first kappa shape index (κ1) is 21.8. The minimum atomic E-state index is -0.435. The molecule has 6 nitrogen and oxygen atoms in total. The Morgan fingerprint density at radius 2 is 2.34 bits per heavy atom. The van der Waals surface area contributed by atoms with E-state index in [0.717, 1.165) is 34.1 Å². The van der Waals surface area contributed by atoms with E-state index in [9.17, 15) is 14.4 Å². The maximum Gasteiger partial charge on any atom is 0 e. The molecule has 0 aliphatic heterocycles. The molecule has 0 atom stereocenters. The Morgan fingerprint density at radius 1 is 1.59 bits per heavy atom. The normalized spacial score (nSPS) is 10.7. The van der Waals surface area contributed by atoms with Crippen LogP contribution in [0.1, 0.15) is 18.4 Å². The van der Waals surface area contributed by atoms with Gasteiger partial charge in [0.15, 0.2) is 0 Å². The van der Waals surface area contributed by atoms with E-state index in [4.69, 9.17) is 11.6 Å². The van der Waals surface area contributed by atoms with Gasteiger partial charge in [0.05, 0.1) is 0 Å². The molecule has 0 saturated heterocycles. The molecule has 1 N–H and O–H groups in total. The molecule has 0 bridgehead atoms. The number of halogens is 2. The van der Waals surface area contributed by atoms with Gasteiger partial charge in [-0.3, -0.25) is 0 Å². The third kappa shape index (κ3) is 4.50. The summed E-state index contributed by atoms with van der Waals surface area (Å²) >= 11 is 8.30. The zero-order valence-corrected chi connectivity index (χ0v) is 19.7. The van der Waals surface area contributed by atoms with E-state index in [1.54, 1.807) is 25.7 Å². The molecule has 0 amide bonds. The van der Waals surface area contributed by atoms with E-state index in [1.807, 2.05) is 21.7 Å². The summed E-state index contributed by atoms with van der Waals surface area (Å²) in [5.41, 5.74) is 1.22. The van der Waals surface area contributed by atoms with Crippen molar-refractivity contribution in [3.8, 4) is 6.07 Å². The van der Waals surface area contributed by atoms with Crippen LogP contribution in [-0.2, 0) is 31.3 Å². The maximum absolute atomic E-state index is 13.9. The van der Waals surface area contributed by atoms with Crippen LogP contribution in [0.4, 0.5) is 15.8 Å². The molecule has 3 aromatic rings. The first-order valence-corrected chi connectivity index (χ1v) is 11.2. The number of thiazole rings is 1. The third-order valence-electron chi connectivity index (χ3n) is 4.26. The fraction of sp³-hybridized carbons (Fsp3) is 0.211. The Labute approximate surface area is 192 Å². The summed E-state index contributed by atoms with van der Waals surface area (Å²) in [7, 11) is 1.65.